The molecule has 2 unspecified atom stereocenters. The minimum absolute atomic E-state index is 0.168. The summed E-state index contributed by atoms with van der Waals surface area (Å²) in [5.41, 5.74) is 0. The highest BCUT2D eigenvalue weighted by Crippen LogP contribution is 2.40. The van der Waals surface area contributed by atoms with Gasteiger partial charge in [0.25, 0.3) is 7.82 Å². The van der Waals surface area contributed by atoms with Crippen LogP contribution < -0.4 is 4.89 Å². The second-order valence-corrected chi connectivity index (χ2v) is 12.9. The molecule has 0 bridgehead atoms. The molecule has 40 heavy (non-hydrogen) atoms. The van der Waals surface area contributed by atoms with Crippen molar-refractivity contribution in [2.45, 2.75) is 128 Å². The lowest BCUT2D eigenvalue weighted by Gasteiger charge is -2.32. The van der Waals surface area contributed by atoms with Crippen molar-refractivity contribution in [3.8, 4) is 23.7 Å². The van der Waals surface area contributed by atoms with Gasteiger partial charge in [-0.05, 0) is 31.1 Å². The topological polar surface area (TPSA) is 116 Å². The van der Waals surface area contributed by atoms with Crippen molar-refractivity contribution in [1.29, 1.82) is 0 Å². The molecule has 0 heterocycles. The molecule has 0 aliphatic carbocycles. The smallest absolute Gasteiger partial charge is 0.268 e. The van der Waals surface area contributed by atoms with E-state index in [1.165, 1.54) is 51.4 Å². The van der Waals surface area contributed by atoms with Crippen LogP contribution in [0.15, 0.2) is 0 Å². The van der Waals surface area contributed by atoms with E-state index in [0.717, 1.165) is 44.9 Å². The third-order valence-corrected chi connectivity index (χ3v) is 7.31. The van der Waals surface area contributed by atoms with Crippen LogP contribution in [0, 0.1) is 23.7 Å². The highest BCUT2D eigenvalue weighted by molar-refractivity contribution is 7.45. The molecule has 0 aromatic rings. The molecule has 0 spiro atoms. The number of aliphatic hydroxyl groups excluding tert-OH is 2. The van der Waals surface area contributed by atoms with Gasteiger partial charge in [-0.15, -0.1) is 0 Å². The zero-order valence-electron chi connectivity index (χ0n) is 25.6. The summed E-state index contributed by atoms with van der Waals surface area (Å²) in [6.45, 7) is 1.15. The fraction of sp³-hybridized carbons (Fsp3) is 0.839. The first kappa shape index (κ1) is 38.8. The fourth-order valence-electron chi connectivity index (χ4n) is 4.05. The van der Waals surface area contributed by atoms with Crippen LogP contribution in [-0.2, 0) is 18.4 Å². The molecular weight excluding hydrogens is 529 g/mol. The van der Waals surface area contributed by atoms with Crippen molar-refractivity contribution in [1.82, 2.24) is 0 Å². The molecule has 0 aliphatic rings. The van der Waals surface area contributed by atoms with E-state index in [1.807, 2.05) is 21.1 Å². The van der Waals surface area contributed by atoms with Crippen LogP contribution >= 0.6 is 7.82 Å². The maximum atomic E-state index is 12.7. The van der Waals surface area contributed by atoms with Gasteiger partial charge in [-0.3, -0.25) is 9.36 Å². The van der Waals surface area contributed by atoms with E-state index in [-0.39, 0.29) is 18.7 Å². The van der Waals surface area contributed by atoms with Gasteiger partial charge in [0, 0.05) is 19.3 Å². The summed E-state index contributed by atoms with van der Waals surface area (Å²) in [7, 11) is 0.707. The Morgan fingerprint density at radius 2 is 1.32 bits per heavy atom. The second kappa shape index (κ2) is 24.4. The van der Waals surface area contributed by atoms with E-state index >= 15 is 0 Å². The van der Waals surface area contributed by atoms with Crippen molar-refractivity contribution >= 4 is 13.6 Å². The average Bonchev–Trinajstić information content (AvgIpc) is 2.89. The SMILES string of the molecule is CCCCCCCCCCC#CC#CCCCCCCCCC(=O)C(C[N+](C)(C)C)OP(=O)([O-])OC[C@H](O)CO. The maximum absolute atomic E-state index is 12.7. The minimum atomic E-state index is -4.81. The zero-order chi connectivity index (χ0) is 30.1. The van der Waals surface area contributed by atoms with Crippen molar-refractivity contribution < 1.29 is 38.0 Å². The third kappa shape index (κ3) is 25.7. The Kier molecular flexibility index (Phi) is 23.6. The van der Waals surface area contributed by atoms with E-state index < -0.39 is 33.2 Å². The number of phosphoric ester groups is 1. The molecule has 0 saturated carbocycles. The number of quaternary nitrogens is 1. The number of hydrogen-bond acceptors (Lipinski definition) is 7. The largest absolute Gasteiger partial charge is 0.756 e. The quantitative estimate of drug-likeness (QED) is 0.0659. The number of likely N-dealkylation sites (N-methyl/N-ethyl adjacent to an activating group) is 1. The molecule has 0 amide bonds. The summed E-state index contributed by atoms with van der Waals surface area (Å²) >= 11 is 0. The number of Topliss-reactive ketones (excluding diaryl/α,β-unsaturated/α-hetero) is 1. The van der Waals surface area contributed by atoms with Crippen LogP contribution in [0.2, 0.25) is 0 Å². The molecule has 0 aromatic carbocycles. The Balaban J connectivity index is 4.04. The highest BCUT2D eigenvalue weighted by atomic mass is 31.2. The van der Waals surface area contributed by atoms with Crippen LogP contribution in [-0.4, -0.2) is 73.6 Å². The molecule has 0 aliphatic heterocycles. The van der Waals surface area contributed by atoms with Crippen LogP contribution in [0.1, 0.15) is 116 Å². The van der Waals surface area contributed by atoms with E-state index in [1.54, 1.807) is 0 Å². The number of carbonyl (C=O) groups is 1. The molecule has 0 rings (SSSR count). The first-order valence-corrected chi connectivity index (χ1v) is 16.7. The zero-order valence-corrected chi connectivity index (χ0v) is 26.5. The number of unbranched alkanes of at least 4 members (excludes halogenated alkanes) is 14. The number of hydrogen-bond donors (Lipinski definition) is 2. The van der Waals surface area contributed by atoms with Gasteiger partial charge in [0.1, 0.15) is 12.6 Å². The summed E-state index contributed by atoms with van der Waals surface area (Å²) in [6, 6.07) is 0. The van der Waals surface area contributed by atoms with Crippen LogP contribution in [0.4, 0.5) is 0 Å². The van der Waals surface area contributed by atoms with Crippen LogP contribution in [0.5, 0.6) is 0 Å². The Bertz CT molecular complexity index is 820. The highest BCUT2D eigenvalue weighted by Gasteiger charge is 2.30. The van der Waals surface area contributed by atoms with Gasteiger partial charge in [-0.25, -0.2) is 0 Å². The summed E-state index contributed by atoms with van der Waals surface area (Å²) in [6.07, 6.45) is 15.7. The number of rotatable bonds is 25. The first-order chi connectivity index (χ1) is 19.0. The van der Waals surface area contributed by atoms with Gasteiger partial charge in [0.2, 0.25) is 0 Å². The van der Waals surface area contributed by atoms with Crippen LogP contribution in [0.25, 0.3) is 0 Å². The minimum Gasteiger partial charge on any atom is -0.756 e. The van der Waals surface area contributed by atoms with Gasteiger partial charge in [-0.1, -0.05) is 89.4 Å². The molecule has 8 nitrogen and oxygen atoms in total. The molecule has 9 heteroatoms. The lowest BCUT2D eigenvalue weighted by atomic mass is 10.0. The summed E-state index contributed by atoms with van der Waals surface area (Å²) in [5.74, 6) is 11.9. The van der Waals surface area contributed by atoms with Gasteiger partial charge in [-0.2, -0.15) is 0 Å². The molecule has 232 valence electrons. The van der Waals surface area contributed by atoms with Crippen molar-refractivity contribution in [3.05, 3.63) is 0 Å². The Labute approximate surface area is 244 Å². The molecule has 2 N–H and O–H groups in total. The molecule has 0 aromatic heterocycles. The number of aliphatic hydroxyl groups is 2. The molecule has 0 saturated heterocycles. The molecule has 0 radical (unpaired) electrons. The monoisotopic (exact) mass is 585 g/mol. The summed E-state index contributed by atoms with van der Waals surface area (Å²) in [4.78, 5) is 24.8. The van der Waals surface area contributed by atoms with E-state index in [2.05, 4.69) is 35.1 Å². The maximum Gasteiger partial charge on any atom is 0.268 e. The number of ketones is 1. The summed E-state index contributed by atoms with van der Waals surface area (Å²) in [5, 5.41) is 18.1. The lowest BCUT2D eigenvalue weighted by Crippen LogP contribution is -2.45. The number of phosphoric acid groups is 1. The van der Waals surface area contributed by atoms with Gasteiger partial charge >= 0.3 is 0 Å². The molecule has 3 atom stereocenters. The van der Waals surface area contributed by atoms with E-state index in [0.29, 0.717) is 10.9 Å². The Morgan fingerprint density at radius 3 is 1.80 bits per heavy atom. The average molecular weight is 586 g/mol. The fourth-order valence-corrected chi connectivity index (χ4v) is 4.96. The second-order valence-electron chi connectivity index (χ2n) is 11.6. The van der Waals surface area contributed by atoms with Crippen molar-refractivity contribution in [3.63, 3.8) is 0 Å². The Hall–Kier alpha value is -1.22. The van der Waals surface area contributed by atoms with Gasteiger partial charge < -0.3 is 28.6 Å². The lowest BCUT2D eigenvalue weighted by molar-refractivity contribution is -0.872. The number of carbonyl (C=O) groups excluding carboxylic acids is 1. The summed E-state index contributed by atoms with van der Waals surface area (Å²) < 4.78 is 22.1. The van der Waals surface area contributed by atoms with Crippen molar-refractivity contribution in [2.24, 2.45) is 0 Å². The van der Waals surface area contributed by atoms with Crippen LogP contribution in [0.3, 0.4) is 0 Å². The molecular formula is C31H56NO7P. The van der Waals surface area contributed by atoms with Crippen molar-refractivity contribution in [2.75, 3.05) is 40.9 Å². The van der Waals surface area contributed by atoms with E-state index in [9.17, 15) is 19.4 Å². The number of nitrogens with zero attached hydrogens (tertiary/aromatic N) is 1. The predicted molar refractivity (Wildman–Crippen MR) is 159 cm³/mol. The predicted octanol–water partition coefficient (Wildman–Crippen LogP) is 5.14. The van der Waals surface area contributed by atoms with Gasteiger partial charge in [0.15, 0.2) is 11.9 Å². The molecule has 0 fully saturated rings. The van der Waals surface area contributed by atoms with E-state index in [4.69, 9.17) is 9.63 Å². The third-order valence-electron chi connectivity index (χ3n) is 6.33. The normalized spacial score (nSPS) is 14.4. The van der Waals surface area contributed by atoms with Gasteiger partial charge in [0.05, 0.1) is 34.4 Å². The standard InChI is InChI=1S/C31H56NO7P/c1-5-6-7-8-9-10-11-12-13-14-15-16-17-18-19-20-21-22-23-24-25-30(35)31(26-32(2,3)4)39-40(36,37)38-28-29(34)27-33/h29,31,33-34H,5-13,18-28H2,1-4H3/t29-,31?/m1/s1. The first-order valence-electron chi connectivity index (χ1n) is 15.2. The Morgan fingerprint density at radius 1 is 0.850 bits per heavy atom.